The molecular weight excluding hydrogens is 338 g/mol. The number of piperidine rings is 1. The van der Waals surface area contributed by atoms with Crippen LogP contribution in [0.25, 0.3) is 0 Å². The zero-order chi connectivity index (χ0) is 19.1. The van der Waals surface area contributed by atoms with Crippen LogP contribution in [0.2, 0.25) is 0 Å². The summed E-state index contributed by atoms with van der Waals surface area (Å²) in [6.45, 7) is 3.40. The predicted molar refractivity (Wildman–Crippen MR) is 107 cm³/mol. The number of carbonyl (C=O) groups excluding carboxylic acids is 2. The quantitative estimate of drug-likeness (QED) is 0.844. The molecular formula is C22H27N3O2. The maximum Gasteiger partial charge on any atom is 0.253 e. The lowest BCUT2D eigenvalue weighted by Crippen LogP contribution is -2.41. The predicted octanol–water partition coefficient (Wildman–Crippen LogP) is 3.92. The van der Waals surface area contributed by atoms with Gasteiger partial charge >= 0.3 is 0 Å². The molecule has 2 aromatic rings. The highest BCUT2D eigenvalue weighted by molar-refractivity contribution is 5.95. The van der Waals surface area contributed by atoms with Gasteiger partial charge in [-0.2, -0.15) is 0 Å². The van der Waals surface area contributed by atoms with Crippen molar-refractivity contribution < 1.29 is 9.59 Å². The molecule has 5 heteroatoms. The van der Waals surface area contributed by atoms with Crippen molar-refractivity contribution in [3.8, 4) is 0 Å². The van der Waals surface area contributed by atoms with Crippen molar-refractivity contribution in [1.29, 1.82) is 0 Å². The maximum atomic E-state index is 12.5. The van der Waals surface area contributed by atoms with Crippen molar-refractivity contribution in [2.45, 2.75) is 39.0 Å². The molecule has 0 unspecified atom stereocenters. The highest BCUT2D eigenvalue weighted by Gasteiger charge is 2.27. The van der Waals surface area contributed by atoms with E-state index in [9.17, 15) is 9.59 Å². The molecule has 1 saturated heterocycles. The Morgan fingerprint density at radius 2 is 1.74 bits per heavy atom. The highest BCUT2D eigenvalue weighted by Crippen LogP contribution is 2.21. The molecule has 2 amide bonds. The Bertz CT molecular complexity index is 751. The number of hydrogen-bond donors (Lipinski definition) is 1. The summed E-state index contributed by atoms with van der Waals surface area (Å²) in [4.78, 5) is 30.8. The fourth-order valence-electron chi connectivity index (χ4n) is 3.40. The number of hydrogen-bond acceptors (Lipinski definition) is 3. The average molecular weight is 365 g/mol. The topological polar surface area (TPSA) is 62.3 Å². The Hall–Kier alpha value is -2.69. The monoisotopic (exact) mass is 365 g/mol. The van der Waals surface area contributed by atoms with Crippen LogP contribution >= 0.6 is 0 Å². The third-order valence-electron chi connectivity index (χ3n) is 5.12. The normalized spacial score (nSPS) is 14.8. The number of nitrogens with one attached hydrogen (secondary N) is 1. The van der Waals surface area contributed by atoms with E-state index < -0.39 is 0 Å². The number of unbranched alkanes of at least 4 members (excludes halogenated alkanes) is 1. The van der Waals surface area contributed by atoms with Crippen LogP contribution in [0.1, 0.15) is 48.5 Å². The maximum absolute atomic E-state index is 12.5. The highest BCUT2D eigenvalue weighted by atomic mass is 16.2. The Morgan fingerprint density at radius 3 is 2.37 bits per heavy atom. The van der Waals surface area contributed by atoms with Gasteiger partial charge in [0.1, 0.15) is 0 Å². The fourth-order valence-corrected chi connectivity index (χ4v) is 3.40. The van der Waals surface area contributed by atoms with E-state index in [2.05, 4.69) is 29.4 Å². The number of amides is 2. The average Bonchev–Trinajstić information content (AvgIpc) is 2.73. The van der Waals surface area contributed by atoms with Crippen molar-refractivity contribution in [2.24, 2.45) is 5.92 Å². The SMILES string of the molecule is CCCCc1ccc(NC(=O)C2CCN(C(=O)c3ccncc3)CC2)cc1. The van der Waals surface area contributed by atoms with Gasteiger partial charge in [0.25, 0.3) is 5.91 Å². The molecule has 0 spiro atoms. The molecule has 1 N–H and O–H groups in total. The van der Waals surface area contributed by atoms with Gasteiger partial charge < -0.3 is 10.2 Å². The Morgan fingerprint density at radius 1 is 1.07 bits per heavy atom. The van der Waals surface area contributed by atoms with Gasteiger partial charge in [-0.15, -0.1) is 0 Å². The minimum Gasteiger partial charge on any atom is -0.339 e. The van der Waals surface area contributed by atoms with Crippen LogP contribution in [-0.2, 0) is 11.2 Å². The number of anilines is 1. The standard InChI is InChI=1S/C22H27N3O2/c1-2-3-4-17-5-7-20(8-6-17)24-21(26)18-11-15-25(16-12-18)22(27)19-9-13-23-14-10-19/h5-10,13-14,18H,2-4,11-12,15-16H2,1H3,(H,24,26). The summed E-state index contributed by atoms with van der Waals surface area (Å²) in [6.07, 6.45) is 8.08. The molecule has 1 fully saturated rings. The number of aryl methyl sites for hydroxylation is 1. The molecule has 5 nitrogen and oxygen atoms in total. The van der Waals surface area contributed by atoms with Gasteiger partial charge in [-0.3, -0.25) is 14.6 Å². The van der Waals surface area contributed by atoms with Crippen molar-refractivity contribution >= 4 is 17.5 Å². The van der Waals surface area contributed by atoms with Gasteiger partial charge in [-0.1, -0.05) is 25.5 Å². The van der Waals surface area contributed by atoms with Gasteiger partial charge in [-0.05, 0) is 55.5 Å². The lowest BCUT2D eigenvalue weighted by atomic mass is 9.95. The van der Waals surface area contributed by atoms with E-state index in [-0.39, 0.29) is 17.7 Å². The Kier molecular flexibility index (Phi) is 6.58. The molecule has 0 aliphatic carbocycles. The molecule has 0 saturated carbocycles. The molecule has 1 aromatic carbocycles. The molecule has 0 radical (unpaired) electrons. The van der Waals surface area contributed by atoms with E-state index in [1.165, 1.54) is 18.4 Å². The van der Waals surface area contributed by atoms with Crippen LogP contribution < -0.4 is 5.32 Å². The summed E-state index contributed by atoms with van der Waals surface area (Å²) >= 11 is 0. The second kappa shape index (κ2) is 9.31. The minimum atomic E-state index is -0.0498. The van der Waals surface area contributed by atoms with Gasteiger partial charge in [0.2, 0.25) is 5.91 Å². The number of pyridine rings is 1. The molecule has 0 atom stereocenters. The van der Waals surface area contributed by atoms with E-state index in [1.54, 1.807) is 24.5 Å². The first-order chi connectivity index (χ1) is 13.2. The summed E-state index contributed by atoms with van der Waals surface area (Å²) < 4.78 is 0. The second-order valence-electron chi connectivity index (χ2n) is 7.09. The molecule has 27 heavy (non-hydrogen) atoms. The van der Waals surface area contributed by atoms with Crippen LogP contribution in [0.15, 0.2) is 48.8 Å². The summed E-state index contributed by atoms with van der Waals surface area (Å²) in [5.74, 6) is 0.0116. The molecule has 1 aliphatic rings. The summed E-state index contributed by atoms with van der Waals surface area (Å²) in [5, 5.41) is 3.02. The third kappa shape index (κ3) is 5.16. The lowest BCUT2D eigenvalue weighted by molar-refractivity contribution is -0.121. The Labute approximate surface area is 160 Å². The smallest absolute Gasteiger partial charge is 0.253 e. The lowest BCUT2D eigenvalue weighted by Gasteiger charge is -2.31. The largest absolute Gasteiger partial charge is 0.339 e. The van der Waals surface area contributed by atoms with Gasteiger partial charge in [0, 0.05) is 42.7 Å². The number of aromatic nitrogens is 1. The van der Waals surface area contributed by atoms with E-state index >= 15 is 0 Å². The molecule has 142 valence electrons. The van der Waals surface area contributed by atoms with Crippen LogP contribution in [0.5, 0.6) is 0 Å². The number of nitrogens with zero attached hydrogens (tertiary/aromatic N) is 2. The van der Waals surface area contributed by atoms with Gasteiger partial charge in [0.15, 0.2) is 0 Å². The number of likely N-dealkylation sites (tertiary alicyclic amines) is 1. The Balaban J connectivity index is 1.49. The zero-order valence-electron chi connectivity index (χ0n) is 15.9. The van der Waals surface area contributed by atoms with E-state index in [0.717, 1.165) is 12.1 Å². The number of rotatable bonds is 6. The van der Waals surface area contributed by atoms with Crippen LogP contribution in [0, 0.1) is 5.92 Å². The first kappa shape index (κ1) is 19.1. The molecule has 2 heterocycles. The van der Waals surface area contributed by atoms with Gasteiger partial charge in [-0.25, -0.2) is 0 Å². The van der Waals surface area contributed by atoms with Crippen molar-refractivity contribution in [1.82, 2.24) is 9.88 Å². The number of carbonyl (C=O) groups is 2. The fraction of sp³-hybridized carbons (Fsp3) is 0.409. The summed E-state index contributed by atoms with van der Waals surface area (Å²) in [6, 6.07) is 11.6. The first-order valence-electron chi connectivity index (χ1n) is 9.76. The molecule has 3 rings (SSSR count). The van der Waals surface area contributed by atoms with Crippen molar-refractivity contribution in [3.05, 3.63) is 59.9 Å². The van der Waals surface area contributed by atoms with Crippen LogP contribution in [0.4, 0.5) is 5.69 Å². The summed E-state index contributed by atoms with van der Waals surface area (Å²) in [7, 11) is 0. The van der Waals surface area contributed by atoms with Crippen LogP contribution in [-0.4, -0.2) is 34.8 Å². The van der Waals surface area contributed by atoms with E-state index in [1.807, 2.05) is 17.0 Å². The second-order valence-corrected chi connectivity index (χ2v) is 7.09. The first-order valence-corrected chi connectivity index (χ1v) is 9.76. The van der Waals surface area contributed by atoms with E-state index in [0.29, 0.717) is 31.5 Å². The third-order valence-corrected chi connectivity index (χ3v) is 5.12. The molecule has 1 aromatic heterocycles. The number of benzene rings is 1. The minimum absolute atomic E-state index is 0.0129. The molecule has 1 aliphatic heterocycles. The summed E-state index contributed by atoms with van der Waals surface area (Å²) in [5.41, 5.74) is 2.80. The molecule has 0 bridgehead atoms. The van der Waals surface area contributed by atoms with Gasteiger partial charge in [0.05, 0.1) is 0 Å². The van der Waals surface area contributed by atoms with Crippen molar-refractivity contribution in [3.63, 3.8) is 0 Å². The van der Waals surface area contributed by atoms with Crippen LogP contribution in [0.3, 0.4) is 0 Å². The van der Waals surface area contributed by atoms with E-state index in [4.69, 9.17) is 0 Å². The van der Waals surface area contributed by atoms with Crippen molar-refractivity contribution in [2.75, 3.05) is 18.4 Å². The zero-order valence-corrected chi connectivity index (χ0v) is 15.9.